The molecule has 1 saturated heterocycles. The first-order valence-corrected chi connectivity index (χ1v) is 18.4. The second kappa shape index (κ2) is 12.8. The van der Waals surface area contributed by atoms with Gasteiger partial charge in [-0.25, -0.2) is 9.59 Å². The van der Waals surface area contributed by atoms with Gasteiger partial charge in [-0.3, -0.25) is 18.5 Å². The highest BCUT2D eigenvalue weighted by molar-refractivity contribution is 6.76. The summed E-state index contributed by atoms with van der Waals surface area (Å²) in [5, 5.41) is 12.7. The number of ether oxygens (including phenoxy) is 2. The van der Waals surface area contributed by atoms with Gasteiger partial charge in [0, 0.05) is 40.9 Å². The third-order valence-corrected chi connectivity index (χ3v) is 9.02. The average Bonchev–Trinajstić information content (AvgIpc) is 3.29. The molecule has 1 aliphatic rings. The SMILES string of the molecule is Cn1c(=O)c2c(nc(N3CCCC(NC(=O)OC(C)(C)C)C3)n2Cc2ccccc2C#N)n(COCC[Si](C)(C)C)c1=O. The van der Waals surface area contributed by atoms with Crippen molar-refractivity contribution >= 4 is 31.3 Å². The van der Waals surface area contributed by atoms with E-state index in [1.165, 1.54) is 11.6 Å². The summed E-state index contributed by atoms with van der Waals surface area (Å²) >= 11 is 0. The molecule has 0 saturated carbocycles. The van der Waals surface area contributed by atoms with E-state index in [1.54, 1.807) is 16.7 Å². The highest BCUT2D eigenvalue weighted by atomic mass is 28.3. The van der Waals surface area contributed by atoms with Crippen molar-refractivity contribution in [3.63, 3.8) is 0 Å². The van der Waals surface area contributed by atoms with Crippen molar-refractivity contribution in [2.45, 2.75) is 84.2 Å². The molecule has 1 aliphatic heterocycles. The standard InChI is InChI=1S/C30H43N7O5Si/c1-30(2,3)42-28(39)32-23-13-10-14-35(19-23)27-33-25-24(36(27)18-22-12-9-8-11-21(22)17-31)26(38)34(4)29(40)37(25)20-41-15-16-43(5,6)7/h8-9,11-12,23H,10,13-16,18-20H2,1-7H3,(H,32,39). The van der Waals surface area contributed by atoms with Gasteiger partial charge in [0.2, 0.25) is 5.95 Å². The maximum atomic E-state index is 13.7. The van der Waals surface area contributed by atoms with E-state index in [4.69, 9.17) is 14.5 Å². The van der Waals surface area contributed by atoms with Crippen molar-refractivity contribution < 1.29 is 14.3 Å². The molecule has 1 atom stereocenters. The van der Waals surface area contributed by atoms with E-state index >= 15 is 0 Å². The van der Waals surface area contributed by atoms with Gasteiger partial charge in [0.05, 0.1) is 18.2 Å². The molecule has 12 nitrogen and oxygen atoms in total. The smallest absolute Gasteiger partial charge is 0.407 e. The predicted octanol–water partition coefficient (Wildman–Crippen LogP) is 3.62. The molecule has 0 radical (unpaired) electrons. The third-order valence-electron chi connectivity index (χ3n) is 7.32. The first-order valence-electron chi connectivity index (χ1n) is 14.7. The van der Waals surface area contributed by atoms with E-state index in [2.05, 4.69) is 31.0 Å². The monoisotopic (exact) mass is 609 g/mol. The molecule has 0 aliphatic carbocycles. The number of hydrogen-bond acceptors (Lipinski definition) is 8. The van der Waals surface area contributed by atoms with Gasteiger partial charge in [-0.15, -0.1) is 0 Å². The summed E-state index contributed by atoms with van der Waals surface area (Å²) in [6.45, 7) is 13.9. The number of nitrogens with zero attached hydrogens (tertiary/aromatic N) is 6. The van der Waals surface area contributed by atoms with Crippen LogP contribution in [0, 0.1) is 11.3 Å². The summed E-state index contributed by atoms with van der Waals surface area (Å²) < 4.78 is 15.7. The molecule has 13 heteroatoms. The number of piperidine rings is 1. The number of imidazole rings is 1. The Balaban J connectivity index is 1.79. The molecule has 1 aromatic carbocycles. The van der Waals surface area contributed by atoms with Crippen LogP contribution in [0.4, 0.5) is 10.7 Å². The number of aromatic nitrogens is 4. The Labute approximate surface area is 252 Å². The van der Waals surface area contributed by atoms with Gasteiger partial charge >= 0.3 is 11.8 Å². The van der Waals surface area contributed by atoms with Crippen molar-refractivity contribution in [1.82, 2.24) is 24.0 Å². The quantitative estimate of drug-likeness (QED) is 0.287. The minimum atomic E-state index is -1.35. The Morgan fingerprint density at radius 3 is 2.58 bits per heavy atom. The number of anilines is 1. The molecule has 0 bridgehead atoms. The highest BCUT2D eigenvalue weighted by Gasteiger charge is 2.29. The largest absolute Gasteiger partial charge is 0.444 e. The summed E-state index contributed by atoms with van der Waals surface area (Å²) in [6, 6.07) is 10.2. The number of benzene rings is 1. The maximum absolute atomic E-state index is 13.7. The molecular weight excluding hydrogens is 566 g/mol. The lowest BCUT2D eigenvalue weighted by Crippen LogP contribution is -2.49. The number of amides is 1. The van der Waals surface area contributed by atoms with Crippen molar-refractivity contribution in [3.05, 3.63) is 56.2 Å². The maximum Gasteiger partial charge on any atom is 0.407 e. The lowest BCUT2D eigenvalue weighted by molar-refractivity contribution is 0.0499. The van der Waals surface area contributed by atoms with Gasteiger partial charge in [0.25, 0.3) is 5.56 Å². The fraction of sp³-hybridized carbons (Fsp3) is 0.567. The van der Waals surface area contributed by atoms with E-state index in [0.717, 1.165) is 29.0 Å². The Hall–Kier alpha value is -3.89. The van der Waals surface area contributed by atoms with Crippen LogP contribution in [0.25, 0.3) is 11.2 Å². The molecule has 1 unspecified atom stereocenters. The molecule has 1 N–H and O–H groups in total. The van der Waals surface area contributed by atoms with Crippen LogP contribution >= 0.6 is 0 Å². The zero-order valence-corrected chi connectivity index (χ0v) is 27.3. The van der Waals surface area contributed by atoms with Gasteiger partial charge in [-0.1, -0.05) is 37.8 Å². The zero-order valence-electron chi connectivity index (χ0n) is 26.3. The Bertz CT molecular complexity index is 1640. The number of rotatable bonds is 9. The summed E-state index contributed by atoms with van der Waals surface area (Å²) in [5.74, 6) is 0.483. The third kappa shape index (κ3) is 7.74. The molecule has 232 valence electrons. The lowest BCUT2D eigenvalue weighted by atomic mass is 10.1. The van der Waals surface area contributed by atoms with Gasteiger partial charge in [-0.05, 0) is 51.3 Å². The second-order valence-electron chi connectivity index (χ2n) is 13.3. The van der Waals surface area contributed by atoms with Crippen LogP contribution in [0.3, 0.4) is 0 Å². The van der Waals surface area contributed by atoms with Crippen molar-refractivity contribution in [2.24, 2.45) is 7.05 Å². The van der Waals surface area contributed by atoms with Crippen LogP contribution in [-0.2, 0) is 29.8 Å². The zero-order chi connectivity index (χ0) is 31.5. The average molecular weight is 610 g/mol. The van der Waals surface area contributed by atoms with Crippen LogP contribution in [0.5, 0.6) is 0 Å². The van der Waals surface area contributed by atoms with Gasteiger partial charge in [0.1, 0.15) is 12.3 Å². The second-order valence-corrected chi connectivity index (χ2v) is 18.9. The molecule has 3 heterocycles. The molecule has 43 heavy (non-hydrogen) atoms. The summed E-state index contributed by atoms with van der Waals surface area (Å²) in [4.78, 5) is 46.4. The summed E-state index contributed by atoms with van der Waals surface area (Å²) in [7, 11) is 0.0956. The van der Waals surface area contributed by atoms with Gasteiger partial charge < -0.3 is 19.7 Å². The normalized spacial score (nSPS) is 15.9. The number of nitriles is 1. The van der Waals surface area contributed by atoms with E-state index in [0.29, 0.717) is 31.2 Å². The van der Waals surface area contributed by atoms with E-state index < -0.39 is 31.0 Å². The van der Waals surface area contributed by atoms with Crippen LogP contribution < -0.4 is 21.5 Å². The van der Waals surface area contributed by atoms with Crippen LogP contribution in [0.1, 0.15) is 44.7 Å². The van der Waals surface area contributed by atoms with Crippen LogP contribution in [0.2, 0.25) is 25.7 Å². The number of fused-ring (bicyclic) bond motifs is 1. The predicted molar refractivity (Wildman–Crippen MR) is 168 cm³/mol. The van der Waals surface area contributed by atoms with Crippen molar-refractivity contribution in [2.75, 3.05) is 24.6 Å². The van der Waals surface area contributed by atoms with Crippen LogP contribution in [0.15, 0.2) is 33.9 Å². The number of alkyl carbamates (subject to hydrolysis) is 1. The van der Waals surface area contributed by atoms with E-state index in [1.807, 2.05) is 37.8 Å². The number of nitrogens with one attached hydrogen (secondary N) is 1. The van der Waals surface area contributed by atoms with Crippen molar-refractivity contribution in [1.29, 1.82) is 5.26 Å². The molecule has 0 spiro atoms. The van der Waals surface area contributed by atoms with Gasteiger partial charge in [-0.2, -0.15) is 10.2 Å². The van der Waals surface area contributed by atoms with Gasteiger partial charge in [0.15, 0.2) is 11.2 Å². The topological polar surface area (TPSA) is 136 Å². The minimum absolute atomic E-state index is 0.0397. The Morgan fingerprint density at radius 1 is 1.19 bits per heavy atom. The summed E-state index contributed by atoms with van der Waals surface area (Å²) in [5.41, 5.74) is 0.0692. The number of carbonyl (C=O) groups excluding carboxylic acids is 1. The van der Waals surface area contributed by atoms with E-state index in [-0.39, 0.29) is 30.5 Å². The molecule has 2 aromatic heterocycles. The Morgan fingerprint density at radius 2 is 1.91 bits per heavy atom. The molecule has 4 rings (SSSR count). The molecular formula is C30H43N7O5Si. The number of hydrogen-bond donors (Lipinski definition) is 1. The highest BCUT2D eigenvalue weighted by Crippen LogP contribution is 2.26. The van der Waals surface area contributed by atoms with Crippen LogP contribution in [-0.4, -0.2) is 64.2 Å². The molecule has 3 aromatic rings. The minimum Gasteiger partial charge on any atom is -0.444 e. The molecule has 1 fully saturated rings. The fourth-order valence-electron chi connectivity index (χ4n) is 5.08. The first-order chi connectivity index (χ1) is 20.2. The number of carbonyl (C=O) groups is 1. The summed E-state index contributed by atoms with van der Waals surface area (Å²) in [6.07, 6.45) is 1.03. The fourth-order valence-corrected chi connectivity index (χ4v) is 5.83. The van der Waals surface area contributed by atoms with E-state index in [9.17, 15) is 19.6 Å². The van der Waals surface area contributed by atoms with Crippen molar-refractivity contribution in [3.8, 4) is 6.07 Å². The Kier molecular flexibility index (Phi) is 9.51. The lowest BCUT2D eigenvalue weighted by Gasteiger charge is -2.34. The first kappa shape index (κ1) is 32.0. The molecule has 1 amide bonds.